The largest absolute Gasteiger partial charge is 0.454 e. The molecule has 5 heteroatoms. The number of ether oxygens (including phenoxy) is 1. The molecule has 0 aliphatic heterocycles. The monoisotopic (exact) mass is 284 g/mol. The van der Waals surface area contributed by atoms with Crippen molar-refractivity contribution in [1.29, 1.82) is 0 Å². The van der Waals surface area contributed by atoms with E-state index in [4.69, 9.17) is 4.74 Å². The van der Waals surface area contributed by atoms with E-state index in [1.165, 1.54) is 6.07 Å². The molecule has 0 amide bonds. The minimum Gasteiger partial charge on any atom is -0.454 e. The molecule has 2 aromatic rings. The summed E-state index contributed by atoms with van der Waals surface area (Å²) in [6.07, 6.45) is 3.31. The van der Waals surface area contributed by atoms with Crippen LogP contribution in [-0.4, -0.2) is 9.78 Å². The van der Waals surface area contributed by atoms with Crippen molar-refractivity contribution in [2.24, 2.45) is 7.05 Å². The summed E-state index contributed by atoms with van der Waals surface area (Å²) in [5, 5.41) is 4.39. The highest BCUT2D eigenvalue weighted by Gasteiger charge is 2.09. The highest BCUT2D eigenvalue weighted by molar-refractivity contribution is 9.08. The summed E-state index contributed by atoms with van der Waals surface area (Å²) in [4.78, 5) is 0. The molecule has 0 atom stereocenters. The Balaban J connectivity index is 2.30. The Morgan fingerprint density at radius 3 is 2.94 bits per heavy atom. The van der Waals surface area contributed by atoms with E-state index in [9.17, 15) is 4.39 Å². The molecule has 0 radical (unpaired) electrons. The van der Waals surface area contributed by atoms with Gasteiger partial charge >= 0.3 is 0 Å². The van der Waals surface area contributed by atoms with Crippen molar-refractivity contribution >= 4 is 15.9 Å². The van der Waals surface area contributed by atoms with Crippen LogP contribution in [0.2, 0.25) is 0 Å². The van der Waals surface area contributed by atoms with Crippen LogP contribution in [0.5, 0.6) is 11.5 Å². The number of aryl methyl sites for hydroxylation is 1. The van der Waals surface area contributed by atoms with E-state index in [1.54, 1.807) is 36.3 Å². The highest BCUT2D eigenvalue weighted by Crippen LogP contribution is 2.28. The number of hydrogen-bond donors (Lipinski definition) is 0. The molecule has 0 aliphatic carbocycles. The predicted molar refractivity (Wildman–Crippen MR) is 62.3 cm³/mol. The van der Waals surface area contributed by atoms with Crippen molar-refractivity contribution in [1.82, 2.24) is 9.78 Å². The molecule has 84 valence electrons. The quantitative estimate of drug-likeness (QED) is 0.809. The minimum atomic E-state index is -0.279. The first-order valence-corrected chi connectivity index (χ1v) is 5.82. The normalized spacial score (nSPS) is 10.4. The zero-order valence-corrected chi connectivity index (χ0v) is 10.2. The zero-order valence-electron chi connectivity index (χ0n) is 8.65. The van der Waals surface area contributed by atoms with Crippen LogP contribution >= 0.6 is 15.9 Å². The van der Waals surface area contributed by atoms with Crippen LogP contribution in [-0.2, 0) is 12.4 Å². The summed E-state index contributed by atoms with van der Waals surface area (Å²) in [5.41, 5.74) is 0.506. The van der Waals surface area contributed by atoms with Gasteiger partial charge < -0.3 is 4.74 Å². The lowest BCUT2D eigenvalue weighted by atomic mass is 10.2. The van der Waals surface area contributed by atoms with Crippen LogP contribution in [0.1, 0.15) is 5.56 Å². The van der Waals surface area contributed by atoms with Gasteiger partial charge in [0.25, 0.3) is 0 Å². The number of alkyl halides is 1. The fraction of sp³-hybridized carbons (Fsp3) is 0.182. The second kappa shape index (κ2) is 4.65. The van der Waals surface area contributed by atoms with Crippen molar-refractivity contribution in [3.63, 3.8) is 0 Å². The first-order valence-electron chi connectivity index (χ1n) is 4.70. The van der Waals surface area contributed by atoms with Gasteiger partial charge in [-0.3, -0.25) is 4.68 Å². The molecule has 1 aromatic heterocycles. The average Bonchev–Trinajstić information content (AvgIpc) is 2.64. The summed E-state index contributed by atoms with van der Waals surface area (Å²) in [5.74, 6) is 0.818. The molecule has 0 fully saturated rings. The Kier molecular flexibility index (Phi) is 3.24. The number of rotatable bonds is 3. The molecular formula is C11H10BrFN2O. The number of aromatic nitrogens is 2. The van der Waals surface area contributed by atoms with Crippen molar-refractivity contribution in [2.75, 3.05) is 0 Å². The molecule has 3 nitrogen and oxygen atoms in total. The Bertz CT molecular complexity index is 498. The van der Waals surface area contributed by atoms with Crippen molar-refractivity contribution in [3.05, 3.63) is 42.0 Å². The molecule has 0 bridgehead atoms. The zero-order chi connectivity index (χ0) is 11.5. The summed E-state index contributed by atoms with van der Waals surface area (Å²) >= 11 is 3.24. The second-order valence-electron chi connectivity index (χ2n) is 3.30. The topological polar surface area (TPSA) is 27.1 Å². The van der Waals surface area contributed by atoms with Gasteiger partial charge in [-0.1, -0.05) is 22.0 Å². The second-order valence-corrected chi connectivity index (χ2v) is 3.86. The number of benzene rings is 1. The van der Waals surface area contributed by atoms with Gasteiger partial charge in [-0.2, -0.15) is 5.10 Å². The van der Waals surface area contributed by atoms with Gasteiger partial charge in [-0.15, -0.1) is 0 Å². The van der Waals surface area contributed by atoms with E-state index < -0.39 is 0 Å². The average molecular weight is 285 g/mol. The van der Waals surface area contributed by atoms with E-state index >= 15 is 0 Å². The Labute approximate surface area is 101 Å². The van der Waals surface area contributed by atoms with E-state index in [0.29, 0.717) is 22.4 Å². The Morgan fingerprint density at radius 1 is 1.50 bits per heavy atom. The third kappa shape index (κ3) is 2.24. The number of halogens is 2. The summed E-state index contributed by atoms with van der Waals surface area (Å²) in [7, 11) is 1.80. The maximum atomic E-state index is 13.4. The lowest BCUT2D eigenvalue weighted by Gasteiger charge is -2.08. The van der Waals surface area contributed by atoms with E-state index in [1.807, 2.05) is 0 Å². The fourth-order valence-electron chi connectivity index (χ4n) is 1.34. The van der Waals surface area contributed by atoms with Crippen LogP contribution in [0.15, 0.2) is 30.6 Å². The van der Waals surface area contributed by atoms with Gasteiger partial charge in [0.15, 0.2) is 5.75 Å². The maximum Gasteiger partial charge on any atom is 0.165 e. The predicted octanol–water partition coefficient (Wildman–Crippen LogP) is 3.25. The van der Waals surface area contributed by atoms with Crippen molar-refractivity contribution < 1.29 is 9.13 Å². The van der Waals surface area contributed by atoms with Gasteiger partial charge in [-0.25, -0.2) is 4.39 Å². The molecule has 1 aromatic carbocycles. The SMILES string of the molecule is Cn1cc(Oc2cccc(F)c2CBr)cn1. The van der Waals surface area contributed by atoms with Crippen LogP contribution in [0.3, 0.4) is 0 Å². The molecular weight excluding hydrogens is 275 g/mol. The third-order valence-corrected chi connectivity index (χ3v) is 2.68. The van der Waals surface area contributed by atoms with E-state index in [-0.39, 0.29) is 5.82 Å². The van der Waals surface area contributed by atoms with Gasteiger partial charge in [0, 0.05) is 17.9 Å². The van der Waals surface area contributed by atoms with Crippen LogP contribution in [0, 0.1) is 5.82 Å². The number of hydrogen-bond acceptors (Lipinski definition) is 2. The van der Waals surface area contributed by atoms with Crippen molar-refractivity contribution in [2.45, 2.75) is 5.33 Å². The smallest absolute Gasteiger partial charge is 0.165 e. The highest BCUT2D eigenvalue weighted by atomic mass is 79.9. The molecule has 0 N–H and O–H groups in total. The molecule has 0 saturated carbocycles. The molecule has 0 aliphatic rings. The lowest BCUT2D eigenvalue weighted by molar-refractivity contribution is 0.470. The van der Waals surface area contributed by atoms with Crippen LogP contribution < -0.4 is 4.74 Å². The lowest BCUT2D eigenvalue weighted by Crippen LogP contribution is -1.92. The Morgan fingerprint density at radius 2 is 2.31 bits per heavy atom. The summed E-state index contributed by atoms with van der Waals surface area (Å²) in [6, 6.07) is 4.76. The van der Waals surface area contributed by atoms with Gasteiger partial charge in [0.2, 0.25) is 0 Å². The fourth-order valence-corrected chi connectivity index (χ4v) is 1.89. The summed E-state index contributed by atoms with van der Waals surface area (Å²) < 4.78 is 20.6. The number of nitrogens with zero attached hydrogens (tertiary/aromatic N) is 2. The van der Waals surface area contributed by atoms with Gasteiger partial charge in [0.05, 0.1) is 12.4 Å². The molecule has 0 spiro atoms. The molecule has 1 heterocycles. The Hall–Kier alpha value is -1.36. The molecule has 0 unspecified atom stereocenters. The molecule has 16 heavy (non-hydrogen) atoms. The standard InChI is InChI=1S/C11H10BrFN2O/c1-15-7-8(6-14-15)16-11-4-2-3-10(13)9(11)5-12/h2-4,6-7H,5H2,1H3. The molecule has 0 saturated heterocycles. The summed E-state index contributed by atoms with van der Waals surface area (Å²) in [6.45, 7) is 0. The van der Waals surface area contributed by atoms with Gasteiger partial charge in [0.1, 0.15) is 11.6 Å². The van der Waals surface area contributed by atoms with E-state index in [2.05, 4.69) is 21.0 Å². The minimum absolute atomic E-state index is 0.279. The third-order valence-electron chi connectivity index (χ3n) is 2.12. The first kappa shape index (κ1) is 11.1. The van der Waals surface area contributed by atoms with Crippen LogP contribution in [0.25, 0.3) is 0 Å². The van der Waals surface area contributed by atoms with Gasteiger partial charge in [-0.05, 0) is 12.1 Å². The van der Waals surface area contributed by atoms with E-state index in [0.717, 1.165) is 0 Å². The maximum absolute atomic E-state index is 13.4. The molecule has 2 rings (SSSR count). The van der Waals surface area contributed by atoms with Crippen LogP contribution in [0.4, 0.5) is 4.39 Å². The first-order chi connectivity index (χ1) is 7.70. The van der Waals surface area contributed by atoms with Crippen molar-refractivity contribution in [3.8, 4) is 11.5 Å².